The fourth-order valence-corrected chi connectivity index (χ4v) is 3.67. The van der Waals surface area contributed by atoms with E-state index in [-0.39, 0.29) is 11.8 Å². The van der Waals surface area contributed by atoms with Crippen LogP contribution in [0.5, 0.6) is 11.5 Å². The number of methoxy groups -OCH3 is 2. The molecule has 7 heteroatoms. The van der Waals surface area contributed by atoms with Crippen molar-refractivity contribution in [1.82, 2.24) is 5.32 Å². The van der Waals surface area contributed by atoms with Crippen molar-refractivity contribution in [3.05, 3.63) is 18.2 Å². The number of sulfonamides is 1. The van der Waals surface area contributed by atoms with E-state index < -0.39 is 10.0 Å². The Bertz CT molecular complexity index is 553. The first kappa shape index (κ1) is 14.9. The molecule has 2 rings (SSSR count). The summed E-state index contributed by atoms with van der Waals surface area (Å²) >= 11 is 0. The highest BCUT2D eigenvalue weighted by Crippen LogP contribution is 2.30. The largest absolute Gasteiger partial charge is 0.493 e. The minimum Gasteiger partial charge on any atom is -0.493 e. The first-order chi connectivity index (χ1) is 9.54. The van der Waals surface area contributed by atoms with E-state index in [2.05, 4.69) is 10.0 Å². The van der Waals surface area contributed by atoms with Crippen molar-refractivity contribution in [1.29, 1.82) is 0 Å². The molecule has 6 nitrogen and oxygen atoms in total. The van der Waals surface area contributed by atoms with Crippen molar-refractivity contribution >= 4 is 15.7 Å². The maximum absolute atomic E-state index is 12.1. The molecule has 1 fully saturated rings. The van der Waals surface area contributed by atoms with Crippen LogP contribution in [0.2, 0.25) is 0 Å². The third-order valence-corrected chi connectivity index (χ3v) is 4.63. The highest BCUT2D eigenvalue weighted by Gasteiger charge is 2.22. The van der Waals surface area contributed by atoms with Crippen molar-refractivity contribution in [2.24, 2.45) is 0 Å². The Hall–Kier alpha value is -1.47. The average Bonchev–Trinajstić information content (AvgIpc) is 2.90. The Balaban J connectivity index is 2.08. The second-order valence-corrected chi connectivity index (χ2v) is 6.51. The topological polar surface area (TPSA) is 76.7 Å². The summed E-state index contributed by atoms with van der Waals surface area (Å²) in [5.74, 6) is 1.14. The van der Waals surface area contributed by atoms with Gasteiger partial charge in [0.05, 0.1) is 25.7 Å². The van der Waals surface area contributed by atoms with E-state index >= 15 is 0 Å². The second-order valence-electron chi connectivity index (χ2n) is 4.75. The van der Waals surface area contributed by atoms with Crippen LogP contribution in [0.25, 0.3) is 0 Å². The van der Waals surface area contributed by atoms with Gasteiger partial charge < -0.3 is 14.8 Å². The Labute approximate surface area is 119 Å². The molecule has 1 aromatic rings. The summed E-state index contributed by atoms with van der Waals surface area (Å²) in [5, 5.41) is 3.18. The zero-order valence-corrected chi connectivity index (χ0v) is 12.5. The SMILES string of the molecule is COc1ccc(NS(=O)(=O)CC2CCCN2)cc1OC. The molecule has 0 bridgehead atoms. The average molecular weight is 300 g/mol. The zero-order valence-electron chi connectivity index (χ0n) is 11.7. The van der Waals surface area contributed by atoms with Crippen LogP contribution in [-0.2, 0) is 10.0 Å². The molecular weight excluding hydrogens is 280 g/mol. The van der Waals surface area contributed by atoms with Crippen molar-refractivity contribution in [2.75, 3.05) is 31.2 Å². The number of benzene rings is 1. The highest BCUT2D eigenvalue weighted by molar-refractivity contribution is 7.92. The molecule has 1 heterocycles. The Morgan fingerprint density at radius 3 is 2.65 bits per heavy atom. The quantitative estimate of drug-likeness (QED) is 0.825. The second kappa shape index (κ2) is 6.32. The number of rotatable bonds is 6. The lowest BCUT2D eigenvalue weighted by atomic mass is 10.3. The molecule has 112 valence electrons. The molecule has 1 unspecified atom stereocenters. The minimum absolute atomic E-state index is 0.0349. The van der Waals surface area contributed by atoms with Gasteiger partial charge in [-0.25, -0.2) is 8.42 Å². The van der Waals surface area contributed by atoms with Gasteiger partial charge in [0, 0.05) is 12.1 Å². The number of ether oxygens (including phenoxy) is 2. The van der Waals surface area contributed by atoms with Gasteiger partial charge in [0.1, 0.15) is 0 Å². The zero-order chi connectivity index (χ0) is 14.6. The first-order valence-corrected chi connectivity index (χ1v) is 8.15. The van der Waals surface area contributed by atoms with E-state index in [1.807, 2.05) is 0 Å². The molecule has 0 radical (unpaired) electrons. The Morgan fingerprint density at radius 2 is 2.05 bits per heavy atom. The molecule has 2 N–H and O–H groups in total. The highest BCUT2D eigenvalue weighted by atomic mass is 32.2. The van der Waals surface area contributed by atoms with Crippen LogP contribution < -0.4 is 19.5 Å². The van der Waals surface area contributed by atoms with Gasteiger partial charge in [0.15, 0.2) is 11.5 Å². The summed E-state index contributed by atoms with van der Waals surface area (Å²) < 4.78 is 37.0. The number of hydrogen-bond donors (Lipinski definition) is 2. The van der Waals surface area contributed by atoms with Crippen LogP contribution in [0.1, 0.15) is 12.8 Å². The van der Waals surface area contributed by atoms with E-state index in [4.69, 9.17) is 9.47 Å². The summed E-state index contributed by atoms with van der Waals surface area (Å²) in [7, 11) is -0.324. The van der Waals surface area contributed by atoms with E-state index in [0.717, 1.165) is 19.4 Å². The van der Waals surface area contributed by atoms with Crippen LogP contribution in [-0.4, -0.2) is 41.0 Å². The summed E-state index contributed by atoms with van der Waals surface area (Å²) in [4.78, 5) is 0. The standard InChI is InChI=1S/C13H20N2O4S/c1-18-12-6-5-10(8-13(12)19-2)15-20(16,17)9-11-4-3-7-14-11/h5-6,8,11,14-15H,3-4,7,9H2,1-2H3. The Morgan fingerprint density at radius 1 is 1.30 bits per heavy atom. The minimum atomic E-state index is -3.37. The monoisotopic (exact) mass is 300 g/mol. The molecule has 1 aromatic carbocycles. The summed E-state index contributed by atoms with van der Waals surface area (Å²) in [6.45, 7) is 0.885. The lowest BCUT2D eigenvalue weighted by Crippen LogP contribution is -2.32. The summed E-state index contributed by atoms with van der Waals surface area (Å²) in [6, 6.07) is 4.97. The van der Waals surface area contributed by atoms with Gasteiger partial charge in [-0.1, -0.05) is 0 Å². The number of hydrogen-bond acceptors (Lipinski definition) is 5. The molecule has 20 heavy (non-hydrogen) atoms. The maximum Gasteiger partial charge on any atom is 0.234 e. The molecule has 1 atom stereocenters. The molecule has 0 spiro atoms. The predicted octanol–water partition coefficient (Wildman–Crippen LogP) is 1.20. The van der Waals surface area contributed by atoms with Crippen LogP contribution in [0.4, 0.5) is 5.69 Å². The van der Waals surface area contributed by atoms with Gasteiger partial charge in [0.2, 0.25) is 10.0 Å². The molecular formula is C13H20N2O4S. The predicted molar refractivity (Wildman–Crippen MR) is 78.0 cm³/mol. The van der Waals surface area contributed by atoms with Crippen molar-refractivity contribution in [3.63, 3.8) is 0 Å². The van der Waals surface area contributed by atoms with Crippen molar-refractivity contribution < 1.29 is 17.9 Å². The van der Waals surface area contributed by atoms with Crippen LogP contribution >= 0.6 is 0 Å². The fraction of sp³-hybridized carbons (Fsp3) is 0.538. The Kier molecular flexibility index (Phi) is 4.72. The molecule has 1 aliphatic rings. The van der Waals surface area contributed by atoms with E-state index in [0.29, 0.717) is 17.2 Å². The van der Waals surface area contributed by atoms with Gasteiger partial charge in [-0.2, -0.15) is 0 Å². The third kappa shape index (κ3) is 3.77. The molecule has 0 amide bonds. The first-order valence-electron chi connectivity index (χ1n) is 6.50. The number of nitrogens with one attached hydrogen (secondary N) is 2. The van der Waals surface area contributed by atoms with E-state index in [1.165, 1.54) is 14.2 Å². The van der Waals surface area contributed by atoms with E-state index in [1.54, 1.807) is 18.2 Å². The summed E-state index contributed by atoms with van der Waals surface area (Å²) in [5.41, 5.74) is 0.473. The van der Waals surface area contributed by atoms with Crippen LogP contribution in [0, 0.1) is 0 Å². The molecule has 0 aromatic heterocycles. The lowest BCUT2D eigenvalue weighted by molar-refractivity contribution is 0.355. The summed E-state index contributed by atoms with van der Waals surface area (Å²) in [6.07, 6.45) is 1.92. The van der Waals surface area contributed by atoms with Gasteiger partial charge in [-0.05, 0) is 31.5 Å². The molecule has 1 saturated heterocycles. The fourth-order valence-electron chi connectivity index (χ4n) is 2.28. The maximum atomic E-state index is 12.1. The smallest absolute Gasteiger partial charge is 0.234 e. The van der Waals surface area contributed by atoms with Crippen molar-refractivity contribution in [2.45, 2.75) is 18.9 Å². The molecule has 1 aliphatic heterocycles. The third-order valence-electron chi connectivity index (χ3n) is 3.24. The van der Waals surface area contributed by atoms with Gasteiger partial charge in [-0.15, -0.1) is 0 Å². The molecule has 0 aliphatic carbocycles. The van der Waals surface area contributed by atoms with Crippen molar-refractivity contribution in [3.8, 4) is 11.5 Å². The van der Waals surface area contributed by atoms with Crippen LogP contribution in [0.3, 0.4) is 0 Å². The van der Waals surface area contributed by atoms with Crippen LogP contribution in [0.15, 0.2) is 18.2 Å². The molecule has 0 saturated carbocycles. The van der Waals surface area contributed by atoms with Gasteiger partial charge in [0.25, 0.3) is 0 Å². The lowest BCUT2D eigenvalue weighted by Gasteiger charge is -2.14. The normalized spacial score (nSPS) is 18.8. The van der Waals surface area contributed by atoms with Gasteiger partial charge >= 0.3 is 0 Å². The van der Waals surface area contributed by atoms with Gasteiger partial charge in [-0.3, -0.25) is 4.72 Å². The van der Waals surface area contributed by atoms with E-state index in [9.17, 15) is 8.42 Å². The number of anilines is 1.